The van der Waals surface area contributed by atoms with Gasteiger partial charge in [-0.25, -0.2) is 0 Å². The fourth-order valence-electron chi connectivity index (χ4n) is 2.35. The molecular weight excluding hydrogens is 437 g/mol. The predicted molar refractivity (Wildman–Crippen MR) is 109 cm³/mol. The quantitative estimate of drug-likeness (QED) is 0.410. The van der Waals surface area contributed by atoms with E-state index < -0.39 is 0 Å². The number of aliphatic imine (C=N–C) groups is 1. The highest BCUT2D eigenvalue weighted by atomic mass is 127. The Morgan fingerprint density at radius 2 is 2.04 bits per heavy atom. The van der Waals surface area contributed by atoms with Crippen LogP contribution in [0.15, 0.2) is 46.8 Å². The zero-order valence-electron chi connectivity index (χ0n) is 13.5. The molecule has 7 heteroatoms. The Kier molecular flexibility index (Phi) is 7.64. The first-order chi connectivity index (χ1) is 11.3. The van der Waals surface area contributed by atoms with Crippen LogP contribution >= 0.6 is 35.3 Å². The highest BCUT2D eigenvalue weighted by molar-refractivity contribution is 14.0. The van der Waals surface area contributed by atoms with Crippen molar-refractivity contribution in [1.29, 1.82) is 0 Å². The molecule has 3 rings (SSSR count). The molecule has 0 saturated carbocycles. The lowest BCUT2D eigenvalue weighted by molar-refractivity contribution is 0.0936. The lowest BCUT2D eigenvalue weighted by Crippen LogP contribution is -2.45. The number of fused-ring (bicyclic) bond motifs is 1. The second-order valence-electron chi connectivity index (χ2n) is 5.21. The van der Waals surface area contributed by atoms with Crippen LogP contribution in [0.25, 0.3) is 0 Å². The Morgan fingerprint density at radius 3 is 2.79 bits per heavy atom. The van der Waals surface area contributed by atoms with E-state index in [0.717, 1.165) is 30.4 Å². The number of rotatable bonds is 5. The molecule has 1 aliphatic heterocycles. The summed E-state index contributed by atoms with van der Waals surface area (Å²) in [7, 11) is 1.77. The summed E-state index contributed by atoms with van der Waals surface area (Å²) in [4.78, 5) is 5.61. The van der Waals surface area contributed by atoms with Crippen molar-refractivity contribution in [2.45, 2.75) is 12.5 Å². The average Bonchev–Trinajstić information content (AvgIpc) is 3.11. The maximum absolute atomic E-state index is 5.92. The summed E-state index contributed by atoms with van der Waals surface area (Å²) in [5.41, 5.74) is 0. The first-order valence-electron chi connectivity index (χ1n) is 7.70. The van der Waals surface area contributed by atoms with E-state index in [2.05, 4.69) is 33.1 Å². The molecule has 2 heterocycles. The molecule has 1 atom stereocenters. The minimum absolute atomic E-state index is 0. The summed E-state index contributed by atoms with van der Waals surface area (Å²) in [5.74, 6) is 2.39. The van der Waals surface area contributed by atoms with Gasteiger partial charge in [-0.05, 0) is 30.0 Å². The number of hydrogen-bond donors (Lipinski definition) is 2. The predicted octanol–water partition coefficient (Wildman–Crippen LogP) is 2.91. The van der Waals surface area contributed by atoms with E-state index in [1.807, 2.05) is 24.3 Å². The zero-order valence-corrected chi connectivity index (χ0v) is 16.7. The molecule has 0 saturated heterocycles. The van der Waals surface area contributed by atoms with Gasteiger partial charge in [-0.2, -0.15) is 0 Å². The Labute approximate surface area is 163 Å². The molecule has 0 fully saturated rings. The Hall–Kier alpha value is -1.48. The number of para-hydroxylation sites is 2. The molecule has 0 amide bonds. The van der Waals surface area contributed by atoms with Crippen LogP contribution in [0.5, 0.6) is 11.5 Å². The molecule has 24 heavy (non-hydrogen) atoms. The van der Waals surface area contributed by atoms with E-state index in [1.54, 1.807) is 18.4 Å². The van der Waals surface area contributed by atoms with Gasteiger partial charge in [0.1, 0.15) is 12.7 Å². The van der Waals surface area contributed by atoms with Crippen LogP contribution in [0.1, 0.15) is 4.88 Å². The second kappa shape index (κ2) is 9.73. The lowest BCUT2D eigenvalue weighted by atomic mass is 10.2. The third kappa shape index (κ3) is 5.27. The van der Waals surface area contributed by atoms with Gasteiger partial charge in [0.25, 0.3) is 0 Å². The van der Waals surface area contributed by atoms with Crippen LogP contribution < -0.4 is 20.1 Å². The van der Waals surface area contributed by atoms with Crippen molar-refractivity contribution in [1.82, 2.24) is 10.6 Å². The third-order valence-corrected chi connectivity index (χ3v) is 4.47. The minimum Gasteiger partial charge on any atom is -0.486 e. The number of nitrogens with zero attached hydrogens (tertiary/aromatic N) is 1. The molecule has 0 spiro atoms. The summed E-state index contributed by atoms with van der Waals surface area (Å²) in [5, 5.41) is 8.70. The number of benzene rings is 1. The SMILES string of the molecule is CN=C(NCCc1cccs1)NCC1COc2ccccc2O1.I. The average molecular weight is 459 g/mol. The third-order valence-electron chi connectivity index (χ3n) is 3.53. The van der Waals surface area contributed by atoms with Gasteiger partial charge in [0.05, 0.1) is 6.54 Å². The second-order valence-corrected chi connectivity index (χ2v) is 6.24. The molecule has 2 aromatic rings. The first-order valence-corrected chi connectivity index (χ1v) is 8.58. The van der Waals surface area contributed by atoms with Crippen molar-refractivity contribution in [3.63, 3.8) is 0 Å². The Bertz CT molecular complexity index is 649. The molecule has 1 unspecified atom stereocenters. The molecule has 0 bridgehead atoms. The van der Waals surface area contributed by atoms with Gasteiger partial charge in [0, 0.05) is 18.5 Å². The fraction of sp³-hybridized carbons (Fsp3) is 0.353. The summed E-state index contributed by atoms with van der Waals surface area (Å²) in [6.07, 6.45) is 0.968. The van der Waals surface area contributed by atoms with Crippen molar-refractivity contribution < 1.29 is 9.47 Å². The van der Waals surface area contributed by atoms with Gasteiger partial charge in [-0.15, -0.1) is 35.3 Å². The van der Waals surface area contributed by atoms with E-state index in [1.165, 1.54) is 4.88 Å². The van der Waals surface area contributed by atoms with Gasteiger partial charge in [0.2, 0.25) is 0 Å². The Morgan fingerprint density at radius 1 is 1.21 bits per heavy atom. The molecule has 1 aromatic heterocycles. The van der Waals surface area contributed by atoms with E-state index in [4.69, 9.17) is 9.47 Å². The summed E-state index contributed by atoms with van der Waals surface area (Å²) in [6, 6.07) is 12.0. The van der Waals surface area contributed by atoms with Crippen LogP contribution in [0, 0.1) is 0 Å². The number of ether oxygens (including phenoxy) is 2. The number of guanidine groups is 1. The molecule has 0 radical (unpaired) electrons. The fourth-order valence-corrected chi connectivity index (χ4v) is 3.06. The molecule has 0 aliphatic carbocycles. The Balaban J connectivity index is 0.00000208. The van der Waals surface area contributed by atoms with Crippen molar-refractivity contribution in [2.24, 2.45) is 4.99 Å². The summed E-state index contributed by atoms with van der Waals surface area (Å²) in [6.45, 7) is 2.04. The molecule has 5 nitrogen and oxygen atoms in total. The van der Waals surface area contributed by atoms with Crippen LogP contribution in [0.4, 0.5) is 0 Å². The van der Waals surface area contributed by atoms with Crippen LogP contribution in [0.3, 0.4) is 0 Å². The van der Waals surface area contributed by atoms with Gasteiger partial charge in [0.15, 0.2) is 17.5 Å². The van der Waals surface area contributed by atoms with Crippen LogP contribution in [0.2, 0.25) is 0 Å². The summed E-state index contributed by atoms with van der Waals surface area (Å²) >= 11 is 1.77. The van der Waals surface area contributed by atoms with Crippen LogP contribution in [-0.2, 0) is 6.42 Å². The van der Waals surface area contributed by atoms with Gasteiger partial charge < -0.3 is 20.1 Å². The van der Waals surface area contributed by atoms with Crippen molar-refractivity contribution in [2.75, 3.05) is 26.7 Å². The normalized spacial score (nSPS) is 16.2. The van der Waals surface area contributed by atoms with Gasteiger partial charge in [-0.1, -0.05) is 18.2 Å². The van der Waals surface area contributed by atoms with Crippen molar-refractivity contribution >= 4 is 41.3 Å². The largest absolute Gasteiger partial charge is 0.486 e. The first kappa shape index (κ1) is 18.9. The smallest absolute Gasteiger partial charge is 0.191 e. The number of halogens is 1. The molecular formula is C17H22IN3O2S. The lowest BCUT2D eigenvalue weighted by Gasteiger charge is -2.27. The highest BCUT2D eigenvalue weighted by Gasteiger charge is 2.20. The topological polar surface area (TPSA) is 54.9 Å². The van der Waals surface area contributed by atoms with E-state index in [-0.39, 0.29) is 30.1 Å². The number of hydrogen-bond acceptors (Lipinski definition) is 4. The van der Waals surface area contributed by atoms with Crippen LogP contribution in [-0.4, -0.2) is 38.8 Å². The standard InChI is InChI=1S/C17H21N3O2S.HI/c1-18-17(19-9-8-14-5-4-10-23-14)20-11-13-12-21-15-6-2-3-7-16(15)22-13;/h2-7,10,13H,8-9,11-12H2,1H3,(H2,18,19,20);1H. The van der Waals surface area contributed by atoms with Gasteiger partial charge in [-0.3, -0.25) is 4.99 Å². The molecule has 2 N–H and O–H groups in total. The maximum atomic E-state index is 5.92. The number of nitrogens with one attached hydrogen (secondary N) is 2. The van der Waals surface area contributed by atoms with Crippen molar-refractivity contribution in [3.05, 3.63) is 46.7 Å². The maximum Gasteiger partial charge on any atom is 0.191 e. The van der Waals surface area contributed by atoms with Gasteiger partial charge >= 0.3 is 0 Å². The molecule has 1 aliphatic rings. The van der Waals surface area contributed by atoms with E-state index in [0.29, 0.717) is 13.2 Å². The van der Waals surface area contributed by atoms with E-state index >= 15 is 0 Å². The van der Waals surface area contributed by atoms with Crippen molar-refractivity contribution in [3.8, 4) is 11.5 Å². The monoisotopic (exact) mass is 459 g/mol. The molecule has 130 valence electrons. The number of thiophene rings is 1. The minimum atomic E-state index is -0.0271. The summed E-state index contributed by atoms with van der Waals surface area (Å²) < 4.78 is 11.6. The molecule has 1 aromatic carbocycles. The zero-order chi connectivity index (χ0) is 15.9. The van der Waals surface area contributed by atoms with E-state index in [9.17, 15) is 0 Å². The highest BCUT2D eigenvalue weighted by Crippen LogP contribution is 2.30.